The molecule has 0 radical (unpaired) electrons. The van der Waals surface area contributed by atoms with Crippen LogP contribution >= 0.6 is 11.6 Å². The number of nitrogens with zero attached hydrogens (tertiary/aromatic N) is 2. The van der Waals surface area contributed by atoms with Crippen molar-refractivity contribution in [2.75, 3.05) is 37.5 Å². The summed E-state index contributed by atoms with van der Waals surface area (Å²) in [6.45, 7) is -0.0616. The van der Waals surface area contributed by atoms with Crippen LogP contribution in [0.15, 0.2) is 36.4 Å². The second-order valence-electron chi connectivity index (χ2n) is 5.96. The maximum absolute atomic E-state index is 12.2. The lowest BCUT2D eigenvalue weighted by atomic mass is 10.1. The van der Waals surface area contributed by atoms with Gasteiger partial charge in [0.1, 0.15) is 10.7 Å². The second kappa shape index (κ2) is 10.8. The summed E-state index contributed by atoms with van der Waals surface area (Å²) in [5.74, 6) is -1.72. The Morgan fingerprint density at radius 2 is 1.77 bits per heavy atom. The molecule has 0 saturated heterocycles. The minimum absolute atomic E-state index is 0.0827. The maximum Gasteiger partial charge on any atom is 0.338 e. The van der Waals surface area contributed by atoms with Crippen molar-refractivity contribution >= 4 is 46.2 Å². The van der Waals surface area contributed by atoms with E-state index in [1.807, 2.05) is 0 Å². The van der Waals surface area contributed by atoms with E-state index in [1.54, 1.807) is 0 Å². The smallest absolute Gasteiger partial charge is 0.338 e. The third-order valence-corrected chi connectivity index (χ3v) is 4.13. The number of nitrogens with one attached hydrogen (secondary N) is 2. The number of esters is 1. The third kappa shape index (κ3) is 6.62. The zero-order valence-corrected chi connectivity index (χ0v) is 16.9. The van der Waals surface area contributed by atoms with Crippen LogP contribution in [0.2, 0.25) is 5.02 Å². The number of anilines is 2. The molecule has 0 atom stereocenters. The Morgan fingerprint density at radius 1 is 1.06 bits per heavy atom. The second-order valence-corrected chi connectivity index (χ2v) is 6.36. The first-order chi connectivity index (χ1) is 14.7. The van der Waals surface area contributed by atoms with Gasteiger partial charge >= 0.3 is 5.97 Å². The summed E-state index contributed by atoms with van der Waals surface area (Å²) < 4.78 is 9.73. The lowest BCUT2D eigenvalue weighted by molar-refractivity contribution is -0.384. The molecule has 0 aliphatic carbocycles. The summed E-state index contributed by atoms with van der Waals surface area (Å²) in [5, 5.41) is 27.2. The zero-order chi connectivity index (χ0) is 23.0. The molecule has 0 aliphatic rings. The van der Waals surface area contributed by atoms with Crippen molar-refractivity contribution in [1.82, 2.24) is 0 Å². The number of ether oxygens (including phenoxy) is 2. The van der Waals surface area contributed by atoms with Crippen LogP contribution in [-0.2, 0) is 14.3 Å². The molecule has 13 heteroatoms. The molecule has 31 heavy (non-hydrogen) atoms. The van der Waals surface area contributed by atoms with Gasteiger partial charge in [0.15, 0.2) is 6.61 Å². The van der Waals surface area contributed by atoms with E-state index in [9.17, 15) is 29.8 Å². The van der Waals surface area contributed by atoms with E-state index >= 15 is 0 Å². The Morgan fingerprint density at radius 3 is 2.42 bits per heavy atom. The van der Waals surface area contributed by atoms with Crippen molar-refractivity contribution < 1.29 is 28.9 Å². The lowest BCUT2D eigenvalue weighted by Crippen LogP contribution is -2.21. The molecular weight excluding hydrogens is 436 g/mol. The predicted molar refractivity (Wildman–Crippen MR) is 110 cm³/mol. The number of hydrogen-bond donors (Lipinski definition) is 2. The molecule has 1 amide bonds. The molecule has 2 aromatic rings. The molecular formula is C18H17ClN4O8. The van der Waals surface area contributed by atoms with Crippen LogP contribution in [0.4, 0.5) is 22.7 Å². The van der Waals surface area contributed by atoms with Gasteiger partial charge in [-0.2, -0.15) is 0 Å². The van der Waals surface area contributed by atoms with Crippen LogP contribution < -0.4 is 10.6 Å². The maximum atomic E-state index is 12.2. The van der Waals surface area contributed by atoms with Gasteiger partial charge in [-0.1, -0.05) is 11.6 Å². The largest absolute Gasteiger partial charge is 0.452 e. The van der Waals surface area contributed by atoms with Gasteiger partial charge in [0.05, 0.1) is 22.0 Å². The Balaban J connectivity index is 2.01. The summed E-state index contributed by atoms with van der Waals surface area (Å²) >= 11 is 5.70. The van der Waals surface area contributed by atoms with Gasteiger partial charge in [-0.3, -0.25) is 25.0 Å². The van der Waals surface area contributed by atoms with E-state index in [2.05, 4.69) is 10.6 Å². The Bertz CT molecular complexity index is 1010. The van der Waals surface area contributed by atoms with Crippen molar-refractivity contribution in [1.29, 1.82) is 0 Å². The first-order valence-electron chi connectivity index (χ1n) is 8.65. The number of nitro groups is 2. The first-order valence-corrected chi connectivity index (χ1v) is 9.03. The molecule has 0 bridgehead atoms. The molecule has 2 aromatic carbocycles. The standard InChI is InChI=1S/C18H17ClN4O8/c1-30-7-6-20-14-5-2-11(8-16(14)23(28)29)18(25)31-10-17(24)21-12-3-4-13(19)15(9-12)22(26)27/h2-5,8-9,20H,6-7,10H2,1H3,(H,21,24). The SMILES string of the molecule is COCCNc1ccc(C(=O)OCC(=O)Nc2ccc(Cl)c([N+](=O)[O-])c2)cc1[N+](=O)[O-]. The van der Waals surface area contributed by atoms with Gasteiger partial charge < -0.3 is 20.1 Å². The summed E-state index contributed by atoms with van der Waals surface area (Å²) in [6.07, 6.45) is 0. The number of carbonyl (C=O) groups is 2. The number of amides is 1. The van der Waals surface area contributed by atoms with Gasteiger partial charge in [-0.25, -0.2) is 4.79 Å². The van der Waals surface area contributed by atoms with Crippen molar-refractivity contribution in [3.63, 3.8) is 0 Å². The summed E-state index contributed by atoms with van der Waals surface area (Å²) in [7, 11) is 1.49. The van der Waals surface area contributed by atoms with Crippen molar-refractivity contribution in [3.8, 4) is 0 Å². The number of rotatable bonds is 10. The monoisotopic (exact) mass is 452 g/mol. The Kier molecular flexibility index (Phi) is 8.23. The zero-order valence-electron chi connectivity index (χ0n) is 16.1. The molecule has 0 fully saturated rings. The fourth-order valence-corrected chi connectivity index (χ4v) is 2.58. The number of benzene rings is 2. The third-order valence-electron chi connectivity index (χ3n) is 3.81. The number of methoxy groups -OCH3 is 1. The molecule has 0 aromatic heterocycles. The Labute approximate surface area is 180 Å². The van der Waals surface area contributed by atoms with Gasteiger partial charge in [0, 0.05) is 31.5 Å². The molecule has 2 rings (SSSR count). The highest BCUT2D eigenvalue weighted by molar-refractivity contribution is 6.32. The highest BCUT2D eigenvalue weighted by atomic mass is 35.5. The molecule has 0 unspecified atom stereocenters. The lowest BCUT2D eigenvalue weighted by Gasteiger charge is -2.09. The first kappa shape index (κ1) is 23.5. The van der Waals surface area contributed by atoms with E-state index in [0.717, 1.165) is 12.1 Å². The summed E-state index contributed by atoms with van der Waals surface area (Å²) in [4.78, 5) is 44.9. The van der Waals surface area contributed by atoms with Crippen molar-refractivity contribution in [2.45, 2.75) is 0 Å². The van der Waals surface area contributed by atoms with Crippen LogP contribution in [0, 0.1) is 20.2 Å². The number of hydrogen-bond acceptors (Lipinski definition) is 9. The predicted octanol–water partition coefficient (Wildman–Crippen LogP) is 3.01. The number of nitro benzene ring substituents is 2. The van der Waals surface area contributed by atoms with Gasteiger partial charge in [0.25, 0.3) is 17.3 Å². The topological polar surface area (TPSA) is 163 Å². The van der Waals surface area contributed by atoms with E-state index in [0.29, 0.717) is 13.2 Å². The average molecular weight is 453 g/mol. The Hall–Kier alpha value is -3.77. The molecule has 0 heterocycles. The highest BCUT2D eigenvalue weighted by Crippen LogP contribution is 2.28. The quantitative estimate of drug-likeness (QED) is 0.238. The fourth-order valence-electron chi connectivity index (χ4n) is 2.39. The minimum atomic E-state index is -0.955. The van der Waals surface area contributed by atoms with E-state index in [4.69, 9.17) is 21.1 Å². The van der Waals surface area contributed by atoms with E-state index in [1.165, 1.54) is 31.4 Å². The number of halogens is 1. The molecule has 2 N–H and O–H groups in total. The summed E-state index contributed by atoms with van der Waals surface area (Å²) in [6, 6.07) is 7.32. The fraction of sp³-hybridized carbons (Fsp3) is 0.222. The highest BCUT2D eigenvalue weighted by Gasteiger charge is 2.19. The average Bonchev–Trinajstić information content (AvgIpc) is 2.73. The van der Waals surface area contributed by atoms with E-state index < -0.39 is 34.0 Å². The van der Waals surface area contributed by atoms with Crippen molar-refractivity contribution in [3.05, 3.63) is 67.2 Å². The molecule has 164 valence electrons. The minimum Gasteiger partial charge on any atom is -0.452 e. The summed E-state index contributed by atoms with van der Waals surface area (Å²) in [5.41, 5.74) is -0.592. The van der Waals surface area contributed by atoms with Crippen LogP contribution in [0.25, 0.3) is 0 Å². The molecule has 0 spiro atoms. The molecule has 0 aliphatic heterocycles. The number of carbonyl (C=O) groups excluding carboxylic acids is 2. The molecule has 0 saturated carbocycles. The van der Waals surface area contributed by atoms with Crippen LogP contribution in [0.5, 0.6) is 0 Å². The van der Waals surface area contributed by atoms with Gasteiger partial charge in [0.2, 0.25) is 0 Å². The van der Waals surface area contributed by atoms with Crippen LogP contribution in [0.3, 0.4) is 0 Å². The van der Waals surface area contributed by atoms with Crippen molar-refractivity contribution in [2.24, 2.45) is 0 Å². The van der Waals surface area contributed by atoms with Crippen LogP contribution in [0.1, 0.15) is 10.4 Å². The van der Waals surface area contributed by atoms with Gasteiger partial charge in [-0.15, -0.1) is 0 Å². The normalized spacial score (nSPS) is 10.3. The molecule has 12 nitrogen and oxygen atoms in total. The van der Waals surface area contributed by atoms with E-state index in [-0.39, 0.29) is 27.6 Å². The van der Waals surface area contributed by atoms with Crippen LogP contribution in [-0.4, -0.2) is 48.6 Å². The van der Waals surface area contributed by atoms with Gasteiger partial charge in [-0.05, 0) is 24.3 Å².